The van der Waals surface area contributed by atoms with Crippen LogP contribution in [0.1, 0.15) is 11.3 Å². The van der Waals surface area contributed by atoms with E-state index in [-0.39, 0.29) is 5.57 Å². The van der Waals surface area contributed by atoms with E-state index in [1.54, 1.807) is 28.9 Å². The number of carboxylic acid groups (broad SMARTS) is 2. The molecule has 0 spiro atoms. The molecule has 2 aromatic rings. The van der Waals surface area contributed by atoms with E-state index < -0.39 is 16.8 Å². The first-order valence-electron chi connectivity index (χ1n) is 9.57. The number of thioether (sulfide) groups is 1. The molecule has 1 unspecified atom stereocenters. The van der Waals surface area contributed by atoms with Crippen LogP contribution in [0.2, 0.25) is 0 Å². The number of likely N-dealkylation sites (N-methyl/N-ethyl adjacent to an activating group) is 1. The van der Waals surface area contributed by atoms with Crippen LogP contribution in [0.5, 0.6) is 0 Å². The summed E-state index contributed by atoms with van der Waals surface area (Å²) in [7, 11) is 2.11. The summed E-state index contributed by atoms with van der Waals surface area (Å²) < 4.78 is 1.70. The van der Waals surface area contributed by atoms with Crippen molar-refractivity contribution in [2.24, 2.45) is 0 Å². The molecule has 4 rings (SSSR count). The monoisotopic (exact) mass is 429 g/mol. The molecule has 3 N–H and O–H groups in total. The Morgan fingerprint density at radius 1 is 1.20 bits per heavy atom. The number of rotatable bonds is 6. The van der Waals surface area contributed by atoms with Gasteiger partial charge in [-0.15, -0.1) is 0 Å². The Balaban J connectivity index is 1.63. The highest BCUT2D eigenvalue weighted by Gasteiger charge is 2.47. The maximum atomic E-state index is 12.0. The normalized spacial score (nSPS) is 22.5. The zero-order valence-corrected chi connectivity index (χ0v) is 17.3. The lowest BCUT2D eigenvalue weighted by Gasteiger charge is -2.32. The van der Waals surface area contributed by atoms with Crippen molar-refractivity contribution in [3.8, 4) is 0 Å². The van der Waals surface area contributed by atoms with Crippen molar-refractivity contribution in [2.75, 3.05) is 38.7 Å². The van der Waals surface area contributed by atoms with Crippen LogP contribution in [0.4, 0.5) is 0 Å². The zero-order valence-electron chi connectivity index (χ0n) is 16.5. The fourth-order valence-electron chi connectivity index (χ4n) is 3.71. The van der Waals surface area contributed by atoms with E-state index in [0.717, 1.165) is 37.9 Å². The second kappa shape index (κ2) is 8.13. The van der Waals surface area contributed by atoms with Crippen LogP contribution in [-0.4, -0.2) is 74.8 Å². The SMILES string of the molecule is CN1CCN(Cc2cn3c(n2)SC(C(=CC(=O)O)C(=O)O)(c2ccccc2)N3)CC1. The molecular weight excluding hydrogens is 406 g/mol. The van der Waals surface area contributed by atoms with Crippen LogP contribution in [0.25, 0.3) is 0 Å². The van der Waals surface area contributed by atoms with Crippen LogP contribution in [0.15, 0.2) is 53.3 Å². The standard InChI is InChI=1S/C20H23N5O4S/c1-23-7-9-24(10-8-23)12-15-13-25-19(21-15)30-20(22-25,14-5-3-2-4-6-14)16(18(28)29)11-17(26)27/h2-6,11,13,22H,7-10,12H2,1H3,(H,26,27)(H,28,29). The highest BCUT2D eigenvalue weighted by molar-refractivity contribution is 8.00. The first-order valence-corrected chi connectivity index (χ1v) is 10.4. The summed E-state index contributed by atoms with van der Waals surface area (Å²) in [6, 6.07) is 8.95. The molecule has 158 valence electrons. The third-order valence-electron chi connectivity index (χ3n) is 5.29. The van der Waals surface area contributed by atoms with Crippen molar-refractivity contribution in [3.05, 3.63) is 59.4 Å². The number of piperazine rings is 1. The first-order chi connectivity index (χ1) is 14.4. The third kappa shape index (κ3) is 3.93. The summed E-state index contributed by atoms with van der Waals surface area (Å²) in [5.41, 5.74) is 4.45. The van der Waals surface area contributed by atoms with Crippen molar-refractivity contribution in [1.29, 1.82) is 0 Å². The molecule has 0 bridgehead atoms. The Labute approximate surface area is 178 Å². The molecule has 0 aliphatic carbocycles. The van der Waals surface area contributed by atoms with Gasteiger partial charge in [0.15, 0.2) is 10.0 Å². The van der Waals surface area contributed by atoms with E-state index in [1.807, 2.05) is 12.3 Å². The van der Waals surface area contributed by atoms with Gasteiger partial charge in [-0.05, 0) is 24.4 Å². The number of aliphatic carboxylic acids is 2. The Morgan fingerprint density at radius 2 is 1.90 bits per heavy atom. The lowest BCUT2D eigenvalue weighted by Crippen LogP contribution is -2.44. The molecule has 0 radical (unpaired) electrons. The highest BCUT2D eigenvalue weighted by Crippen LogP contribution is 2.49. The molecule has 0 saturated carbocycles. The molecule has 1 saturated heterocycles. The molecule has 9 nitrogen and oxygen atoms in total. The number of carboxylic acids is 2. The molecule has 2 aliphatic rings. The first kappa shape index (κ1) is 20.5. The second-order valence-electron chi connectivity index (χ2n) is 7.43. The number of nitrogens with zero attached hydrogens (tertiary/aromatic N) is 4. The van der Waals surface area contributed by atoms with Gasteiger partial charge in [-0.1, -0.05) is 30.3 Å². The molecule has 1 atom stereocenters. The summed E-state index contributed by atoms with van der Waals surface area (Å²) >= 11 is 1.20. The molecule has 1 aromatic heterocycles. The quantitative estimate of drug-likeness (QED) is 0.584. The van der Waals surface area contributed by atoms with Crippen molar-refractivity contribution in [3.63, 3.8) is 0 Å². The number of fused-ring (bicyclic) bond motifs is 1. The molecule has 3 heterocycles. The van der Waals surface area contributed by atoms with Gasteiger partial charge in [0, 0.05) is 38.8 Å². The van der Waals surface area contributed by atoms with E-state index in [2.05, 4.69) is 27.3 Å². The molecule has 0 amide bonds. The van der Waals surface area contributed by atoms with Crippen LogP contribution >= 0.6 is 11.8 Å². The molecule has 10 heteroatoms. The van der Waals surface area contributed by atoms with Gasteiger partial charge in [-0.3, -0.25) is 10.3 Å². The van der Waals surface area contributed by atoms with Crippen LogP contribution in [-0.2, 0) is 21.0 Å². The summed E-state index contributed by atoms with van der Waals surface area (Å²) in [4.78, 5) is 31.4. The summed E-state index contributed by atoms with van der Waals surface area (Å²) in [6.07, 6.45) is 2.60. The van der Waals surface area contributed by atoms with Gasteiger partial charge in [0.05, 0.1) is 17.5 Å². The van der Waals surface area contributed by atoms with Crippen molar-refractivity contribution >= 4 is 23.7 Å². The molecule has 2 aliphatic heterocycles. The van der Waals surface area contributed by atoms with Gasteiger partial charge in [0.25, 0.3) is 0 Å². The Kier molecular flexibility index (Phi) is 5.54. The van der Waals surface area contributed by atoms with Gasteiger partial charge < -0.3 is 15.1 Å². The fourth-order valence-corrected chi connectivity index (χ4v) is 4.99. The van der Waals surface area contributed by atoms with Crippen molar-refractivity contribution in [2.45, 2.75) is 16.6 Å². The smallest absolute Gasteiger partial charge is 0.335 e. The Hall–Kier alpha value is -2.82. The molecule has 1 fully saturated rings. The predicted octanol–water partition coefficient (Wildman–Crippen LogP) is 1.23. The maximum Gasteiger partial charge on any atom is 0.335 e. The minimum absolute atomic E-state index is 0.266. The lowest BCUT2D eigenvalue weighted by molar-refractivity contribution is -0.135. The zero-order chi connectivity index (χ0) is 21.3. The predicted molar refractivity (Wildman–Crippen MR) is 112 cm³/mol. The van der Waals surface area contributed by atoms with E-state index in [9.17, 15) is 19.8 Å². The Morgan fingerprint density at radius 3 is 2.50 bits per heavy atom. The van der Waals surface area contributed by atoms with Gasteiger partial charge in [-0.2, -0.15) is 0 Å². The average molecular weight is 430 g/mol. The third-order valence-corrected chi connectivity index (χ3v) is 6.61. The van der Waals surface area contributed by atoms with Crippen LogP contribution < -0.4 is 5.43 Å². The van der Waals surface area contributed by atoms with E-state index in [4.69, 9.17) is 0 Å². The summed E-state index contributed by atoms with van der Waals surface area (Å²) in [5.74, 6) is -2.62. The van der Waals surface area contributed by atoms with E-state index in [0.29, 0.717) is 17.3 Å². The number of imidazole rings is 1. The topological polar surface area (TPSA) is 111 Å². The maximum absolute atomic E-state index is 12.0. The Bertz CT molecular complexity index is 959. The fraction of sp³-hybridized carbons (Fsp3) is 0.350. The largest absolute Gasteiger partial charge is 0.478 e. The van der Waals surface area contributed by atoms with Crippen molar-refractivity contribution in [1.82, 2.24) is 19.5 Å². The van der Waals surface area contributed by atoms with Gasteiger partial charge in [0.2, 0.25) is 0 Å². The number of nitrogens with one attached hydrogen (secondary N) is 1. The number of aromatic nitrogens is 2. The van der Waals surface area contributed by atoms with Gasteiger partial charge in [-0.25, -0.2) is 19.2 Å². The van der Waals surface area contributed by atoms with Crippen molar-refractivity contribution < 1.29 is 19.8 Å². The molecule has 1 aromatic carbocycles. The minimum Gasteiger partial charge on any atom is -0.478 e. The molecule has 30 heavy (non-hydrogen) atoms. The second-order valence-corrected chi connectivity index (χ2v) is 8.61. The number of carbonyl (C=O) groups is 2. The van der Waals surface area contributed by atoms with E-state index in [1.165, 1.54) is 11.8 Å². The van der Waals surface area contributed by atoms with Crippen LogP contribution in [0.3, 0.4) is 0 Å². The molecular formula is C20H23N5O4S. The minimum atomic E-state index is -1.31. The number of hydrogen-bond acceptors (Lipinski definition) is 7. The highest BCUT2D eigenvalue weighted by atomic mass is 32.2. The average Bonchev–Trinajstić information content (AvgIpc) is 3.24. The van der Waals surface area contributed by atoms with Crippen LogP contribution in [0, 0.1) is 0 Å². The lowest BCUT2D eigenvalue weighted by atomic mass is 9.98. The van der Waals surface area contributed by atoms with Gasteiger partial charge in [0.1, 0.15) is 0 Å². The van der Waals surface area contributed by atoms with Gasteiger partial charge >= 0.3 is 11.9 Å². The van der Waals surface area contributed by atoms with E-state index >= 15 is 0 Å². The number of benzene rings is 1. The number of hydrogen-bond donors (Lipinski definition) is 3. The summed E-state index contributed by atoms with van der Waals surface area (Å²) in [6.45, 7) is 4.68. The summed E-state index contributed by atoms with van der Waals surface area (Å²) in [5, 5.41) is 19.6.